The van der Waals surface area contributed by atoms with E-state index in [9.17, 15) is 0 Å². The lowest BCUT2D eigenvalue weighted by Crippen LogP contribution is -2.66. The van der Waals surface area contributed by atoms with Crippen LogP contribution in [0.15, 0.2) is 72.8 Å². The van der Waals surface area contributed by atoms with Crippen LogP contribution in [0.2, 0.25) is 5.04 Å². The summed E-state index contributed by atoms with van der Waals surface area (Å²) in [5, 5.41) is 11.8. The fourth-order valence-corrected chi connectivity index (χ4v) is 10.5. The molecule has 3 heteroatoms. The molecule has 2 rings (SSSR count). The Bertz CT molecular complexity index is 879. The summed E-state index contributed by atoms with van der Waals surface area (Å²) >= 11 is 0. The second-order valence-corrected chi connectivity index (χ2v) is 17.6. The Morgan fingerprint density at radius 2 is 1.23 bits per heavy atom. The van der Waals surface area contributed by atoms with Crippen molar-refractivity contribution >= 4 is 18.7 Å². The van der Waals surface area contributed by atoms with Crippen molar-refractivity contribution in [3.8, 4) is 0 Å². The van der Waals surface area contributed by atoms with Gasteiger partial charge >= 0.3 is 0 Å². The van der Waals surface area contributed by atoms with Gasteiger partial charge in [0.15, 0.2) is 0 Å². The van der Waals surface area contributed by atoms with Gasteiger partial charge in [0.1, 0.15) is 0 Å². The van der Waals surface area contributed by atoms with Gasteiger partial charge < -0.3 is 9.53 Å². The van der Waals surface area contributed by atoms with Crippen molar-refractivity contribution in [2.75, 3.05) is 13.2 Å². The molecule has 0 aliphatic heterocycles. The lowest BCUT2D eigenvalue weighted by Gasteiger charge is -2.43. The topological polar surface area (TPSA) is 29.5 Å². The molecule has 39 heavy (non-hydrogen) atoms. The van der Waals surface area contributed by atoms with Crippen molar-refractivity contribution < 1.29 is 9.53 Å². The Morgan fingerprint density at radius 1 is 0.718 bits per heavy atom. The zero-order chi connectivity index (χ0) is 28.7. The molecule has 0 unspecified atom stereocenters. The highest BCUT2D eigenvalue weighted by Crippen LogP contribution is 2.37. The van der Waals surface area contributed by atoms with E-state index in [1.807, 2.05) is 0 Å². The quantitative estimate of drug-likeness (QED) is 0.148. The minimum absolute atomic E-state index is 0.0328. The SMILES string of the molecule is C[C@@H](CCO)CCC[C@H](C)/C=C/C[C@H](C)CCC[C@H](C)CO[Si](c1ccccc1)(c1ccccc1)C(C)(C)C. The molecule has 0 bridgehead atoms. The van der Waals surface area contributed by atoms with Crippen molar-refractivity contribution in [2.45, 2.75) is 105 Å². The Kier molecular flexibility index (Phi) is 14.8. The molecule has 0 amide bonds. The standard InChI is InChI=1S/C36H58O2Si/c1-30(19-15-21-32(3)27-28-37)17-14-18-31(2)20-16-22-33(4)29-38-39(36(5,6)7,34-23-10-8-11-24-34)35-25-12-9-13-26-35/h8-14,17,23-26,30-33,37H,15-16,18-22,27-29H2,1-7H3/b17-14+/t30-,31+,32-,33+/m1/s1. The molecule has 2 nitrogen and oxygen atoms in total. The van der Waals surface area contributed by atoms with Crippen LogP contribution in [0.3, 0.4) is 0 Å². The Morgan fingerprint density at radius 3 is 1.77 bits per heavy atom. The predicted molar refractivity (Wildman–Crippen MR) is 173 cm³/mol. The molecule has 218 valence electrons. The fraction of sp³-hybridized carbons (Fsp3) is 0.611. The molecular weight excluding hydrogens is 492 g/mol. The first kappa shape index (κ1) is 33.5. The molecule has 2 aromatic rings. The van der Waals surface area contributed by atoms with Crippen molar-refractivity contribution in [1.82, 2.24) is 0 Å². The molecule has 2 aromatic carbocycles. The molecule has 4 atom stereocenters. The molecule has 0 spiro atoms. The van der Waals surface area contributed by atoms with E-state index in [0.29, 0.717) is 24.4 Å². The van der Waals surface area contributed by atoms with E-state index in [0.717, 1.165) is 18.9 Å². The van der Waals surface area contributed by atoms with E-state index in [1.54, 1.807) is 0 Å². The smallest absolute Gasteiger partial charge is 0.261 e. The summed E-state index contributed by atoms with van der Waals surface area (Å²) in [5.41, 5.74) is 0. The van der Waals surface area contributed by atoms with Gasteiger partial charge in [-0.3, -0.25) is 0 Å². The summed E-state index contributed by atoms with van der Waals surface area (Å²) in [6.45, 7) is 17.6. The summed E-state index contributed by atoms with van der Waals surface area (Å²) in [7, 11) is -2.44. The van der Waals surface area contributed by atoms with Gasteiger partial charge in [-0.1, -0.05) is 147 Å². The van der Waals surface area contributed by atoms with Crippen molar-refractivity contribution in [1.29, 1.82) is 0 Å². The molecule has 0 saturated heterocycles. The first-order valence-corrected chi connectivity index (χ1v) is 17.5. The van der Waals surface area contributed by atoms with Gasteiger partial charge in [0.25, 0.3) is 8.32 Å². The van der Waals surface area contributed by atoms with Gasteiger partial charge in [-0.2, -0.15) is 0 Å². The zero-order valence-corrected chi connectivity index (χ0v) is 27.2. The highest BCUT2D eigenvalue weighted by atomic mass is 28.4. The van der Waals surface area contributed by atoms with Crippen molar-refractivity contribution in [2.24, 2.45) is 23.7 Å². The highest BCUT2D eigenvalue weighted by molar-refractivity contribution is 6.99. The van der Waals surface area contributed by atoms with Gasteiger partial charge in [0.05, 0.1) is 0 Å². The average molecular weight is 551 g/mol. The third-order valence-electron chi connectivity index (χ3n) is 8.38. The van der Waals surface area contributed by atoms with Crippen LogP contribution in [0.1, 0.15) is 99.8 Å². The normalized spacial score (nSPS) is 15.8. The lowest BCUT2D eigenvalue weighted by atomic mass is 9.94. The molecule has 0 fully saturated rings. The maximum absolute atomic E-state index is 9.06. The lowest BCUT2D eigenvalue weighted by molar-refractivity contribution is 0.233. The molecule has 0 saturated carbocycles. The van der Waals surface area contributed by atoms with Gasteiger partial charge in [-0.25, -0.2) is 0 Å². The zero-order valence-electron chi connectivity index (χ0n) is 26.2. The molecule has 0 heterocycles. The van der Waals surface area contributed by atoms with E-state index < -0.39 is 8.32 Å². The van der Waals surface area contributed by atoms with Crippen LogP contribution in [-0.2, 0) is 4.43 Å². The molecule has 0 radical (unpaired) electrons. The van der Waals surface area contributed by atoms with Gasteiger partial charge in [-0.15, -0.1) is 0 Å². The third kappa shape index (κ3) is 11.0. The minimum atomic E-state index is -2.44. The Balaban J connectivity index is 1.85. The van der Waals surface area contributed by atoms with Crippen molar-refractivity contribution in [3.63, 3.8) is 0 Å². The maximum Gasteiger partial charge on any atom is 0.261 e. The van der Waals surface area contributed by atoms with Gasteiger partial charge in [-0.05, 0) is 64.8 Å². The van der Waals surface area contributed by atoms with Gasteiger partial charge in [0, 0.05) is 13.2 Å². The summed E-state index contributed by atoms with van der Waals surface area (Å²) in [6, 6.07) is 22.0. The monoisotopic (exact) mass is 550 g/mol. The van der Waals surface area contributed by atoms with E-state index in [-0.39, 0.29) is 5.04 Å². The minimum Gasteiger partial charge on any atom is -0.407 e. The average Bonchev–Trinajstić information content (AvgIpc) is 2.89. The van der Waals surface area contributed by atoms with Gasteiger partial charge in [0.2, 0.25) is 0 Å². The fourth-order valence-electron chi connectivity index (χ4n) is 5.84. The number of benzene rings is 2. The molecule has 0 aromatic heterocycles. The van der Waals surface area contributed by atoms with Crippen LogP contribution >= 0.6 is 0 Å². The van der Waals surface area contributed by atoms with Crippen LogP contribution in [0, 0.1) is 23.7 Å². The Labute approximate surface area is 242 Å². The van der Waals surface area contributed by atoms with E-state index >= 15 is 0 Å². The van der Waals surface area contributed by atoms with E-state index in [1.165, 1.54) is 55.3 Å². The largest absolute Gasteiger partial charge is 0.407 e. The summed E-state index contributed by atoms with van der Waals surface area (Å²) < 4.78 is 7.15. The number of allylic oxidation sites excluding steroid dienone is 2. The number of aliphatic hydroxyl groups is 1. The second kappa shape index (κ2) is 17.2. The summed E-state index contributed by atoms with van der Waals surface area (Å²) in [5.74, 6) is 2.56. The van der Waals surface area contributed by atoms with Crippen LogP contribution in [-0.4, -0.2) is 26.6 Å². The molecular formula is C36H58O2Si. The third-order valence-corrected chi connectivity index (χ3v) is 13.4. The molecule has 0 aliphatic rings. The van der Waals surface area contributed by atoms with Crippen LogP contribution in [0.25, 0.3) is 0 Å². The number of rotatable bonds is 18. The van der Waals surface area contributed by atoms with E-state index in [2.05, 4.69) is 121 Å². The molecule has 0 aliphatic carbocycles. The highest BCUT2D eigenvalue weighted by Gasteiger charge is 2.50. The Hall–Kier alpha value is -1.68. The summed E-state index contributed by atoms with van der Waals surface area (Å²) in [4.78, 5) is 0. The van der Waals surface area contributed by atoms with Crippen LogP contribution in [0.4, 0.5) is 0 Å². The number of hydrogen-bond acceptors (Lipinski definition) is 2. The molecule has 1 N–H and O–H groups in total. The predicted octanol–water partition coefficient (Wildman–Crippen LogP) is 8.78. The number of aliphatic hydroxyl groups excluding tert-OH is 1. The maximum atomic E-state index is 9.06. The van der Waals surface area contributed by atoms with Crippen LogP contribution < -0.4 is 10.4 Å². The summed E-state index contributed by atoms with van der Waals surface area (Å²) in [6.07, 6.45) is 14.5. The number of hydrogen-bond donors (Lipinski definition) is 1. The first-order valence-electron chi connectivity index (χ1n) is 15.6. The van der Waals surface area contributed by atoms with E-state index in [4.69, 9.17) is 9.53 Å². The van der Waals surface area contributed by atoms with Crippen molar-refractivity contribution in [3.05, 3.63) is 72.8 Å². The second-order valence-electron chi connectivity index (χ2n) is 13.3. The first-order chi connectivity index (χ1) is 18.6. The van der Waals surface area contributed by atoms with Crippen LogP contribution in [0.5, 0.6) is 0 Å².